The van der Waals surface area contributed by atoms with E-state index in [2.05, 4.69) is 0 Å². The van der Waals surface area contributed by atoms with E-state index >= 15 is 0 Å². The molecule has 0 saturated heterocycles. The monoisotopic (exact) mass is 281 g/mol. The average Bonchev–Trinajstić information content (AvgIpc) is 2.39. The number of methoxy groups -OCH3 is 1. The van der Waals surface area contributed by atoms with Crippen molar-refractivity contribution in [1.29, 1.82) is 0 Å². The second-order valence-electron chi connectivity index (χ2n) is 4.44. The maximum Gasteiger partial charge on any atom is 0.168 e. The van der Waals surface area contributed by atoms with E-state index in [4.69, 9.17) is 10.5 Å². The van der Waals surface area contributed by atoms with Crippen LogP contribution in [0.1, 0.15) is 11.1 Å². The largest absolute Gasteiger partial charge is 0.493 e. The van der Waals surface area contributed by atoms with E-state index < -0.39 is 17.5 Å². The summed E-state index contributed by atoms with van der Waals surface area (Å²) in [5.41, 5.74) is 6.74. The minimum atomic E-state index is -0.735. The van der Waals surface area contributed by atoms with Crippen LogP contribution in [0.2, 0.25) is 0 Å². The number of hydrogen-bond acceptors (Lipinski definition) is 2. The number of nitrogen functional groups attached to an aromatic ring is 1. The summed E-state index contributed by atoms with van der Waals surface area (Å²) in [7, 11) is 1.33. The Balaban J connectivity index is 2.20. The van der Waals surface area contributed by atoms with Gasteiger partial charge in [0.1, 0.15) is 11.6 Å². The van der Waals surface area contributed by atoms with Crippen LogP contribution in [0.4, 0.5) is 18.9 Å². The average molecular weight is 281 g/mol. The SMILES string of the molecule is COc1c(F)cc(F)cc1CCc1ccc(F)c(N)c1. The molecule has 0 bridgehead atoms. The fraction of sp³-hybridized carbons (Fsp3) is 0.200. The first-order chi connectivity index (χ1) is 9.51. The Hall–Kier alpha value is -2.17. The molecule has 20 heavy (non-hydrogen) atoms. The van der Waals surface area contributed by atoms with Crippen LogP contribution < -0.4 is 10.5 Å². The summed E-state index contributed by atoms with van der Waals surface area (Å²) in [6.45, 7) is 0. The topological polar surface area (TPSA) is 35.2 Å². The van der Waals surface area contributed by atoms with E-state index in [1.165, 1.54) is 25.3 Å². The van der Waals surface area contributed by atoms with E-state index in [1.807, 2.05) is 0 Å². The lowest BCUT2D eigenvalue weighted by atomic mass is 10.0. The summed E-state index contributed by atoms with van der Waals surface area (Å²) in [5, 5.41) is 0. The fourth-order valence-corrected chi connectivity index (χ4v) is 2.06. The highest BCUT2D eigenvalue weighted by Gasteiger charge is 2.12. The van der Waals surface area contributed by atoms with Gasteiger partial charge in [-0.15, -0.1) is 0 Å². The molecule has 2 N–H and O–H groups in total. The van der Waals surface area contributed by atoms with Gasteiger partial charge in [0.25, 0.3) is 0 Å². The van der Waals surface area contributed by atoms with Gasteiger partial charge in [-0.3, -0.25) is 0 Å². The van der Waals surface area contributed by atoms with E-state index in [9.17, 15) is 13.2 Å². The van der Waals surface area contributed by atoms with Gasteiger partial charge in [0.05, 0.1) is 12.8 Å². The molecular formula is C15H14F3NO. The molecule has 2 aromatic rings. The third-order valence-corrected chi connectivity index (χ3v) is 3.03. The van der Waals surface area contributed by atoms with Crippen molar-refractivity contribution in [2.24, 2.45) is 0 Å². The number of halogens is 3. The van der Waals surface area contributed by atoms with Crippen molar-refractivity contribution in [2.75, 3.05) is 12.8 Å². The van der Waals surface area contributed by atoms with Crippen molar-refractivity contribution in [3.05, 3.63) is 58.9 Å². The summed E-state index contributed by atoms with van der Waals surface area (Å²) >= 11 is 0. The van der Waals surface area contributed by atoms with Gasteiger partial charge in [-0.2, -0.15) is 0 Å². The summed E-state index contributed by atoms with van der Waals surface area (Å²) in [4.78, 5) is 0. The van der Waals surface area contributed by atoms with Crippen LogP contribution in [0.5, 0.6) is 5.75 Å². The number of nitrogens with two attached hydrogens (primary N) is 1. The third kappa shape index (κ3) is 3.04. The zero-order valence-corrected chi connectivity index (χ0v) is 10.9. The van der Waals surface area contributed by atoms with Crippen molar-refractivity contribution in [1.82, 2.24) is 0 Å². The number of ether oxygens (including phenoxy) is 1. The summed E-state index contributed by atoms with van der Waals surface area (Å²) in [6.07, 6.45) is 0.840. The smallest absolute Gasteiger partial charge is 0.168 e. The van der Waals surface area contributed by atoms with Crippen LogP contribution in [0.25, 0.3) is 0 Å². The summed E-state index contributed by atoms with van der Waals surface area (Å²) in [5.74, 6) is -1.84. The number of hydrogen-bond donors (Lipinski definition) is 1. The molecular weight excluding hydrogens is 267 g/mol. The molecule has 5 heteroatoms. The lowest BCUT2D eigenvalue weighted by molar-refractivity contribution is 0.378. The van der Waals surface area contributed by atoms with Crippen LogP contribution in [0.3, 0.4) is 0 Å². The van der Waals surface area contributed by atoms with Crippen molar-refractivity contribution in [3.8, 4) is 5.75 Å². The van der Waals surface area contributed by atoms with Crippen molar-refractivity contribution >= 4 is 5.69 Å². The standard InChI is InChI=1S/C15H14F3NO/c1-20-15-10(7-11(16)8-13(15)18)4-2-9-3-5-12(17)14(19)6-9/h3,5-8H,2,4,19H2,1H3. The normalized spacial score (nSPS) is 10.6. The van der Waals surface area contributed by atoms with Gasteiger partial charge in [0.15, 0.2) is 11.6 Å². The Morgan fingerprint density at radius 2 is 1.75 bits per heavy atom. The molecule has 0 spiro atoms. The van der Waals surface area contributed by atoms with Crippen LogP contribution in [-0.2, 0) is 12.8 Å². The van der Waals surface area contributed by atoms with Gasteiger partial charge in [-0.25, -0.2) is 13.2 Å². The lowest BCUT2D eigenvalue weighted by Crippen LogP contribution is -2.00. The highest BCUT2D eigenvalue weighted by atomic mass is 19.1. The minimum Gasteiger partial charge on any atom is -0.493 e. The van der Waals surface area contributed by atoms with E-state index in [0.717, 1.165) is 11.6 Å². The Bertz CT molecular complexity index is 629. The molecule has 0 unspecified atom stereocenters. The third-order valence-electron chi connectivity index (χ3n) is 3.03. The van der Waals surface area contributed by atoms with Gasteiger partial charge >= 0.3 is 0 Å². The van der Waals surface area contributed by atoms with Crippen LogP contribution in [-0.4, -0.2) is 7.11 Å². The van der Waals surface area contributed by atoms with Gasteiger partial charge in [-0.1, -0.05) is 6.07 Å². The highest BCUT2D eigenvalue weighted by molar-refractivity contribution is 5.43. The van der Waals surface area contributed by atoms with Gasteiger partial charge in [0, 0.05) is 11.6 Å². The lowest BCUT2D eigenvalue weighted by Gasteiger charge is -2.10. The molecule has 106 valence electrons. The van der Waals surface area contributed by atoms with Crippen LogP contribution in [0.15, 0.2) is 30.3 Å². The van der Waals surface area contributed by atoms with E-state index in [0.29, 0.717) is 18.4 Å². The molecule has 0 fully saturated rings. The maximum atomic E-state index is 13.5. The number of benzene rings is 2. The molecule has 0 saturated carbocycles. The zero-order chi connectivity index (χ0) is 14.7. The Morgan fingerprint density at radius 1 is 1.00 bits per heavy atom. The quantitative estimate of drug-likeness (QED) is 0.871. The molecule has 0 radical (unpaired) electrons. The van der Waals surface area contributed by atoms with Gasteiger partial charge in [0.2, 0.25) is 0 Å². The molecule has 0 aliphatic carbocycles. The van der Waals surface area contributed by atoms with Crippen LogP contribution >= 0.6 is 0 Å². The Kier molecular flexibility index (Phi) is 4.17. The van der Waals surface area contributed by atoms with Crippen LogP contribution in [0, 0.1) is 17.5 Å². The van der Waals surface area contributed by atoms with Crippen molar-refractivity contribution in [2.45, 2.75) is 12.8 Å². The molecule has 2 nitrogen and oxygen atoms in total. The number of aryl methyl sites for hydroxylation is 2. The van der Waals surface area contributed by atoms with Gasteiger partial charge < -0.3 is 10.5 Å². The van der Waals surface area contributed by atoms with Crippen molar-refractivity contribution < 1.29 is 17.9 Å². The molecule has 2 rings (SSSR count). The fourth-order valence-electron chi connectivity index (χ4n) is 2.06. The first-order valence-corrected chi connectivity index (χ1v) is 6.07. The molecule has 0 aliphatic heterocycles. The van der Waals surface area contributed by atoms with E-state index in [-0.39, 0.29) is 11.4 Å². The van der Waals surface area contributed by atoms with Crippen molar-refractivity contribution in [3.63, 3.8) is 0 Å². The minimum absolute atomic E-state index is 0.0292. The molecule has 0 heterocycles. The molecule has 0 aliphatic rings. The molecule has 0 atom stereocenters. The second kappa shape index (κ2) is 5.86. The molecule has 2 aromatic carbocycles. The zero-order valence-electron chi connectivity index (χ0n) is 10.9. The Morgan fingerprint density at radius 3 is 2.40 bits per heavy atom. The highest BCUT2D eigenvalue weighted by Crippen LogP contribution is 2.25. The first kappa shape index (κ1) is 14.2. The molecule has 0 aromatic heterocycles. The maximum absolute atomic E-state index is 13.5. The molecule has 0 amide bonds. The summed E-state index contributed by atoms with van der Waals surface area (Å²) < 4.78 is 44.7. The second-order valence-corrected chi connectivity index (χ2v) is 4.44. The predicted octanol–water partition coefficient (Wildman–Crippen LogP) is 3.48. The first-order valence-electron chi connectivity index (χ1n) is 6.07. The Labute approximate surface area is 115 Å². The van der Waals surface area contributed by atoms with Gasteiger partial charge in [-0.05, 0) is 36.6 Å². The number of rotatable bonds is 4. The van der Waals surface area contributed by atoms with E-state index in [1.54, 1.807) is 6.07 Å². The number of anilines is 1. The predicted molar refractivity (Wildman–Crippen MR) is 71.1 cm³/mol. The summed E-state index contributed by atoms with van der Waals surface area (Å²) in [6, 6.07) is 6.38.